The van der Waals surface area contributed by atoms with Gasteiger partial charge in [-0.2, -0.15) is 0 Å². The monoisotopic (exact) mass is 199 g/mol. The van der Waals surface area contributed by atoms with Gasteiger partial charge < -0.3 is 10.6 Å². The Morgan fingerprint density at radius 1 is 1.50 bits per heavy atom. The van der Waals surface area contributed by atoms with E-state index in [1.54, 1.807) is 7.05 Å². The van der Waals surface area contributed by atoms with Gasteiger partial charge in [-0.15, -0.1) is 0 Å². The van der Waals surface area contributed by atoms with Crippen molar-refractivity contribution in [2.45, 2.75) is 25.8 Å². The molecular weight excluding hydrogens is 182 g/mol. The molecule has 5 nitrogen and oxygen atoms in total. The third-order valence-electron chi connectivity index (χ3n) is 2.27. The molecule has 0 radical (unpaired) electrons. The number of nitrogens with zero attached hydrogens (tertiary/aromatic N) is 2. The number of urea groups is 1. The lowest BCUT2D eigenvalue weighted by Crippen LogP contribution is -2.33. The minimum atomic E-state index is -0.195. The summed E-state index contributed by atoms with van der Waals surface area (Å²) in [5, 5.41) is 0. The molecule has 0 aromatic rings. The Morgan fingerprint density at radius 2 is 2.14 bits per heavy atom. The fourth-order valence-electron chi connectivity index (χ4n) is 1.46. The van der Waals surface area contributed by atoms with Crippen LogP contribution < -0.4 is 5.73 Å². The van der Waals surface area contributed by atoms with Gasteiger partial charge >= 0.3 is 6.03 Å². The molecule has 1 heterocycles. The van der Waals surface area contributed by atoms with Gasteiger partial charge in [-0.25, -0.2) is 4.79 Å². The molecule has 1 rings (SSSR count). The summed E-state index contributed by atoms with van der Waals surface area (Å²) in [6.45, 7) is 2.61. The molecule has 0 aromatic heterocycles. The first-order valence-corrected chi connectivity index (χ1v) is 4.83. The molecule has 0 bridgehead atoms. The first kappa shape index (κ1) is 11.0. The second-order valence-electron chi connectivity index (χ2n) is 3.80. The fourth-order valence-corrected chi connectivity index (χ4v) is 1.46. The Balaban J connectivity index is 2.37. The molecule has 0 spiro atoms. The fraction of sp³-hybridized carbons (Fsp3) is 0.778. The average molecular weight is 199 g/mol. The lowest BCUT2D eigenvalue weighted by atomic mass is 10.2. The summed E-state index contributed by atoms with van der Waals surface area (Å²) in [4.78, 5) is 25.4. The minimum Gasteiger partial charge on any atom is -0.328 e. The summed E-state index contributed by atoms with van der Waals surface area (Å²) in [5.41, 5.74) is 5.57. The van der Waals surface area contributed by atoms with E-state index in [1.807, 2.05) is 6.92 Å². The van der Waals surface area contributed by atoms with E-state index in [0.717, 1.165) is 12.8 Å². The van der Waals surface area contributed by atoms with Gasteiger partial charge in [0.15, 0.2) is 0 Å². The topological polar surface area (TPSA) is 66.6 Å². The van der Waals surface area contributed by atoms with Crippen LogP contribution in [0.2, 0.25) is 0 Å². The maximum Gasteiger partial charge on any atom is 0.326 e. The molecule has 80 valence electrons. The summed E-state index contributed by atoms with van der Waals surface area (Å²) in [6, 6.07) is -0.0692. The quantitative estimate of drug-likeness (QED) is 0.648. The van der Waals surface area contributed by atoms with Gasteiger partial charge in [0.1, 0.15) is 6.54 Å². The van der Waals surface area contributed by atoms with Crippen molar-refractivity contribution in [2.24, 2.45) is 5.73 Å². The maximum atomic E-state index is 11.4. The number of carbonyl (C=O) groups excluding carboxylic acids is 2. The molecule has 3 amide bonds. The van der Waals surface area contributed by atoms with Crippen LogP contribution in [0.1, 0.15) is 19.8 Å². The van der Waals surface area contributed by atoms with Crippen LogP contribution in [-0.4, -0.2) is 47.9 Å². The van der Waals surface area contributed by atoms with Gasteiger partial charge in [-0.05, 0) is 19.8 Å². The van der Waals surface area contributed by atoms with E-state index >= 15 is 0 Å². The first-order chi connectivity index (χ1) is 6.52. The molecule has 1 aliphatic rings. The Kier molecular flexibility index (Phi) is 3.46. The van der Waals surface area contributed by atoms with Gasteiger partial charge in [-0.3, -0.25) is 9.69 Å². The van der Waals surface area contributed by atoms with Gasteiger partial charge in [0, 0.05) is 19.6 Å². The van der Waals surface area contributed by atoms with Gasteiger partial charge in [0.2, 0.25) is 5.91 Å². The van der Waals surface area contributed by atoms with Crippen molar-refractivity contribution in [3.63, 3.8) is 0 Å². The number of nitrogens with two attached hydrogens (primary N) is 1. The molecule has 1 unspecified atom stereocenters. The molecule has 1 aliphatic heterocycles. The largest absolute Gasteiger partial charge is 0.328 e. The Morgan fingerprint density at radius 3 is 2.57 bits per heavy atom. The predicted molar refractivity (Wildman–Crippen MR) is 52.6 cm³/mol. The van der Waals surface area contributed by atoms with E-state index in [2.05, 4.69) is 0 Å². The van der Waals surface area contributed by atoms with Crippen molar-refractivity contribution < 1.29 is 9.59 Å². The highest BCUT2D eigenvalue weighted by atomic mass is 16.2. The zero-order valence-corrected chi connectivity index (χ0v) is 8.69. The SMILES string of the molecule is CC(N)CCCN1C(=O)CN(C)C1=O. The Labute approximate surface area is 83.8 Å². The van der Waals surface area contributed by atoms with Crippen molar-refractivity contribution >= 4 is 11.9 Å². The van der Waals surface area contributed by atoms with E-state index in [-0.39, 0.29) is 24.5 Å². The highest BCUT2D eigenvalue weighted by Gasteiger charge is 2.32. The molecule has 1 atom stereocenters. The number of imide groups is 1. The summed E-state index contributed by atoms with van der Waals surface area (Å²) in [5.74, 6) is -0.109. The highest BCUT2D eigenvalue weighted by Crippen LogP contribution is 2.09. The predicted octanol–water partition coefficient (Wildman–Crippen LogP) is 0.00780. The average Bonchev–Trinajstić information content (AvgIpc) is 2.31. The third kappa shape index (κ3) is 2.45. The van der Waals surface area contributed by atoms with Crippen molar-refractivity contribution in [1.82, 2.24) is 9.80 Å². The third-order valence-corrected chi connectivity index (χ3v) is 2.27. The smallest absolute Gasteiger partial charge is 0.326 e. The second-order valence-corrected chi connectivity index (χ2v) is 3.80. The summed E-state index contributed by atoms with van der Waals surface area (Å²) in [7, 11) is 1.63. The molecule has 5 heteroatoms. The van der Waals surface area contributed by atoms with E-state index in [1.165, 1.54) is 9.80 Å². The standard InChI is InChI=1S/C9H17N3O2/c1-7(10)4-3-5-12-8(13)6-11(2)9(12)14/h7H,3-6,10H2,1-2H3. The Bertz CT molecular complexity index is 240. The highest BCUT2D eigenvalue weighted by molar-refractivity contribution is 6.01. The molecule has 14 heavy (non-hydrogen) atoms. The molecular formula is C9H17N3O2. The molecule has 0 aliphatic carbocycles. The maximum absolute atomic E-state index is 11.4. The first-order valence-electron chi connectivity index (χ1n) is 4.83. The minimum absolute atomic E-state index is 0.109. The van der Waals surface area contributed by atoms with E-state index in [4.69, 9.17) is 5.73 Å². The molecule has 1 saturated heterocycles. The van der Waals surface area contributed by atoms with E-state index in [0.29, 0.717) is 6.54 Å². The van der Waals surface area contributed by atoms with Crippen LogP contribution in [0.25, 0.3) is 0 Å². The number of hydrogen-bond acceptors (Lipinski definition) is 3. The van der Waals surface area contributed by atoms with Crippen LogP contribution in [-0.2, 0) is 4.79 Å². The number of likely N-dealkylation sites (N-methyl/N-ethyl adjacent to an activating group) is 1. The van der Waals surface area contributed by atoms with Crippen LogP contribution in [0.15, 0.2) is 0 Å². The van der Waals surface area contributed by atoms with Crippen molar-refractivity contribution in [3.05, 3.63) is 0 Å². The summed E-state index contributed by atoms with van der Waals surface area (Å²) < 4.78 is 0. The normalized spacial score (nSPS) is 19.4. The van der Waals surface area contributed by atoms with Crippen LogP contribution in [0.5, 0.6) is 0 Å². The van der Waals surface area contributed by atoms with Gasteiger partial charge in [-0.1, -0.05) is 0 Å². The van der Waals surface area contributed by atoms with Crippen molar-refractivity contribution in [3.8, 4) is 0 Å². The molecule has 2 N–H and O–H groups in total. The Hall–Kier alpha value is -1.10. The van der Waals surface area contributed by atoms with Crippen LogP contribution >= 0.6 is 0 Å². The second kappa shape index (κ2) is 4.41. The lowest BCUT2D eigenvalue weighted by molar-refractivity contribution is -0.125. The van der Waals surface area contributed by atoms with Crippen molar-refractivity contribution in [1.29, 1.82) is 0 Å². The van der Waals surface area contributed by atoms with E-state index in [9.17, 15) is 9.59 Å². The van der Waals surface area contributed by atoms with E-state index < -0.39 is 0 Å². The summed E-state index contributed by atoms with van der Waals surface area (Å²) >= 11 is 0. The number of amides is 3. The zero-order valence-electron chi connectivity index (χ0n) is 8.69. The molecule has 0 aromatic carbocycles. The lowest BCUT2D eigenvalue weighted by Gasteiger charge is -2.14. The number of carbonyl (C=O) groups is 2. The zero-order chi connectivity index (χ0) is 10.7. The van der Waals surface area contributed by atoms with Gasteiger partial charge in [0.05, 0.1) is 0 Å². The van der Waals surface area contributed by atoms with Crippen molar-refractivity contribution in [2.75, 3.05) is 20.1 Å². The number of rotatable bonds is 4. The van der Waals surface area contributed by atoms with Crippen LogP contribution in [0, 0.1) is 0 Å². The molecule has 1 fully saturated rings. The van der Waals surface area contributed by atoms with Gasteiger partial charge in [0.25, 0.3) is 0 Å². The van der Waals surface area contributed by atoms with Crippen LogP contribution in [0.3, 0.4) is 0 Å². The van der Waals surface area contributed by atoms with Crippen LogP contribution in [0.4, 0.5) is 4.79 Å². The summed E-state index contributed by atoms with van der Waals surface area (Å²) in [6.07, 6.45) is 1.61. The molecule has 0 saturated carbocycles. The number of hydrogen-bond donors (Lipinski definition) is 1.